The molecule has 0 radical (unpaired) electrons. The van der Waals surface area contributed by atoms with E-state index >= 15 is 0 Å². The number of hydrogen-bond donors (Lipinski definition) is 2. The van der Waals surface area contributed by atoms with Crippen molar-refractivity contribution in [1.29, 1.82) is 0 Å². The topological polar surface area (TPSA) is 82.0 Å². The molecular weight excluding hydrogens is 190 g/mol. The molecule has 0 saturated carbocycles. The van der Waals surface area contributed by atoms with E-state index < -0.39 is 6.04 Å². The summed E-state index contributed by atoms with van der Waals surface area (Å²) in [5.74, 6) is 0.0790. The molecule has 0 aromatic carbocycles. The number of carbonyl (C=O) groups is 1. The van der Waals surface area contributed by atoms with Crippen LogP contribution in [0.15, 0.2) is 18.3 Å². The van der Waals surface area contributed by atoms with Crippen molar-refractivity contribution in [2.75, 3.05) is 5.73 Å². The summed E-state index contributed by atoms with van der Waals surface area (Å²) in [5.41, 5.74) is 11.6. The lowest BCUT2D eigenvalue weighted by atomic mass is 9.83. The van der Waals surface area contributed by atoms with Gasteiger partial charge >= 0.3 is 0 Å². The molecule has 1 rings (SSSR count). The molecule has 0 spiro atoms. The van der Waals surface area contributed by atoms with Crippen LogP contribution in [0.5, 0.6) is 0 Å². The Labute approximate surface area is 89.7 Å². The summed E-state index contributed by atoms with van der Waals surface area (Å²) in [5, 5.41) is 0. The first-order chi connectivity index (χ1) is 6.84. The van der Waals surface area contributed by atoms with Gasteiger partial charge in [0.1, 0.15) is 5.82 Å². The van der Waals surface area contributed by atoms with E-state index in [9.17, 15) is 4.79 Å². The Hall–Kier alpha value is -1.42. The van der Waals surface area contributed by atoms with Gasteiger partial charge in [0.15, 0.2) is 5.78 Å². The van der Waals surface area contributed by atoms with Crippen molar-refractivity contribution >= 4 is 11.6 Å². The lowest BCUT2D eigenvalue weighted by molar-refractivity contribution is 0.0902. The number of ketones is 1. The third kappa shape index (κ3) is 2.53. The Morgan fingerprint density at radius 1 is 1.47 bits per heavy atom. The van der Waals surface area contributed by atoms with Gasteiger partial charge in [-0.05, 0) is 17.5 Å². The number of hydrogen-bond acceptors (Lipinski definition) is 4. The standard InChI is InChI=1S/C11H17N3O/c1-11(2,3)9(12)8(15)7-5-4-6-14-10(7)13/h4-6,9H,12H2,1-3H3,(H2,13,14). The summed E-state index contributed by atoms with van der Waals surface area (Å²) in [6.07, 6.45) is 1.55. The van der Waals surface area contributed by atoms with Crippen LogP contribution in [-0.4, -0.2) is 16.8 Å². The highest BCUT2D eigenvalue weighted by Crippen LogP contribution is 2.22. The molecule has 4 N–H and O–H groups in total. The minimum absolute atomic E-state index is 0.159. The van der Waals surface area contributed by atoms with Gasteiger partial charge in [-0.2, -0.15) is 0 Å². The molecule has 4 heteroatoms. The van der Waals surface area contributed by atoms with Crippen molar-refractivity contribution < 1.29 is 4.79 Å². The van der Waals surface area contributed by atoms with E-state index in [2.05, 4.69) is 4.98 Å². The molecule has 4 nitrogen and oxygen atoms in total. The van der Waals surface area contributed by atoms with Crippen molar-refractivity contribution in [3.63, 3.8) is 0 Å². The summed E-state index contributed by atoms with van der Waals surface area (Å²) >= 11 is 0. The quantitative estimate of drug-likeness (QED) is 0.714. The third-order valence-corrected chi connectivity index (χ3v) is 2.32. The Bertz CT molecular complexity index is 368. The number of aromatic nitrogens is 1. The normalized spacial score (nSPS) is 13.6. The van der Waals surface area contributed by atoms with Crippen LogP contribution in [0.3, 0.4) is 0 Å². The van der Waals surface area contributed by atoms with Gasteiger partial charge in [-0.1, -0.05) is 20.8 Å². The number of pyridine rings is 1. The molecular formula is C11H17N3O. The predicted molar refractivity (Wildman–Crippen MR) is 60.4 cm³/mol. The SMILES string of the molecule is CC(C)(C)C(N)C(=O)c1cccnc1N. The fourth-order valence-electron chi connectivity index (χ4n) is 1.19. The lowest BCUT2D eigenvalue weighted by Crippen LogP contribution is -2.42. The van der Waals surface area contributed by atoms with Crippen molar-refractivity contribution in [3.8, 4) is 0 Å². The largest absolute Gasteiger partial charge is 0.383 e. The maximum absolute atomic E-state index is 12.0. The highest BCUT2D eigenvalue weighted by atomic mass is 16.1. The van der Waals surface area contributed by atoms with Crippen LogP contribution in [0, 0.1) is 5.41 Å². The molecule has 1 unspecified atom stereocenters. The van der Waals surface area contributed by atoms with E-state index in [1.165, 1.54) is 0 Å². The zero-order valence-electron chi connectivity index (χ0n) is 9.32. The zero-order chi connectivity index (χ0) is 11.6. The molecule has 0 aliphatic rings. The fourth-order valence-corrected chi connectivity index (χ4v) is 1.19. The van der Waals surface area contributed by atoms with E-state index in [-0.39, 0.29) is 17.0 Å². The van der Waals surface area contributed by atoms with E-state index in [0.717, 1.165) is 0 Å². The zero-order valence-corrected chi connectivity index (χ0v) is 9.32. The van der Waals surface area contributed by atoms with Crippen molar-refractivity contribution in [2.45, 2.75) is 26.8 Å². The van der Waals surface area contributed by atoms with Crippen LogP contribution in [0.25, 0.3) is 0 Å². The monoisotopic (exact) mass is 207 g/mol. The van der Waals surface area contributed by atoms with Gasteiger partial charge in [0.25, 0.3) is 0 Å². The van der Waals surface area contributed by atoms with E-state index in [1.54, 1.807) is 18.3 Å². The van der Waals surface area contributed by atoms with E-state index in [0.29, 0.717) is 5.56 Å². The van der Waals surface area contributed by atoms with Gasteiger partial charge in [-0.3, -0.25) is 4.79 Å². The first-order valence-electron chi connectivity index (χ1n) is 4.84. The smallest absolute Gasteiger partial charge is 0.183 e. The highest BCUT2D eigenvalue weighted by molar-refractivity contribution is 6.03. The van der Waals surface area contributed by atoms with Crippen LogP contribution in [0.4, 0.5) is 5.82 Å². The molecule has 1 heterocycles. The first kappa shape index (κ1) is 11.7. The van der Waals surface area contributed by atoms with Gasteiger partial charge in [0.05, 0.1) is 11.6 Å². The van der Waals surface area contributed by atoms with Gasteiger partial charge in [-0.25, -0.2) is 4.98 Å². The number of nitrogens with zero attached hydrogens (tertiary/aromatic N) is 1. The molecule has 15 heavy (non-hydrogen) atoms. The molecule has 0 aliphatic carbocycles. The van der Waals surface area contributed by atoms with Crippen LogP contribution in [-0.2, 0) is 0 Å². The average molecular weight is 207 g/mol. The maximum Gasteiger partial charge on any atom is 0.183 e. The second-order valence-corrected chi connectivity index (χ2v) is 4.64. The maximum atomic E-state index is 12.0. The highest BCUT2D eigenvalue weighted by Gasteiger charge is 2.29. The number of nitrogens with two attached hydrogens (primary N) is 2. The molecule has 1 atom stereocenters. The molecule has 0 saturated heterocycles. The summed E-state index contributed by atoms with van der Waals surface area (Å²) < 4.78 is 0. The Balaban J connectivity index is 3.01. The third-order valence-electron chi connectivity index (χ3n) is 2.32. The molecule has 0 bridgehead atoms. The summed E-state index contributed by atoms with van der Waals surface area (Å²) in [6, 6.07) is 2.76. The minimum Gasteiger partial charge on any atom is -0.383 e. The molecule has 1 aromatic rings. The first-order valence-corrected chi connectivity index (χ1v) is 4.84. The van der Waals surface area contributed by atoms with Crippen molar-refractivity contribution in [3.05, 3.63) is 23.9 Å². The van der Waals surface area contributed by atoms with Crippen molar-refractivity contribution in [2.24, 2.45) is 11.1 Å². The lowest BCUT2D eigenvalue weighted by Gasteiger charge is -2.25. The number of rotatable bonds is 2. The van der Waals surface area contributed by atoms with Crippen LogP contribution in [0.2, 0.25) is 0 Å². The van der Waals surface area contributed by atoms with Crippen LogP contribution < -0.4 is 11.5 Å². The minimum atomic E-state index is -0.566. The molecule has 82 valence electrons. The second-order valence-electron chi connectivity index (χ2n) is 4.64. The average Bonchev–Trinajstić information content (AvgIpc) is 2.15. The predicted octanol–water partition coefficient (Wildman–Crippen LogP) is 1.22. The van der Waals surface area contributed by atoms with Crippen LogP contribution in [0.1, 0.15) is 31.1 Å². The number of nitrogen functional groups attached to an aromatic ring is 1. The van der Waals surface area contributed by atoms with Gasteiger partial charge in [0, 0.05) is 6.20 Å². The molecule has 0 fully saturated rings. The van der Waals surface area contributed by atoms with Gasteiger partial charge in [-0.15, -0.1) is 0 Å². The molecule has 0 amide bonds. The Kier molecular flexibility index (Phi) is 3.09. The van der Waals surface area contributed by atoms with Gasteiger partial charge in [0.2, 0.25) is 0 Å². The summed E-state index contributed by atoms with van der Waals surface area (Å²) in [4.78, 5) is 15.8. The van der Waals surface area contributed by atoms with Crippen molar-refractivity contribution in [1.82, 2.24) is 4.98 Å². The van der Waals surface area contributed by atoms with Gasteiger partial charge < -0.3 is 11.5 Å². The second kappa shape index (κ2) is 3.98. The molecule has 1 aromatic heterocycles. The number of anilines is 1. The molecule has 0 aliphatic heterocycles. The van der Waals surface area contributed by atoms with E-state index in [1.807, 2.05) is 20.8 Å². The summed E-state index contributed by atoms with van der Waals surface area (Å²) in [7, 11) is 0. The Morgan fingerprint density at radius 3 is 2.53 bits per heavy atom. The van der Waals surface area contributed by atoms with Crippen LogP contribution >= 0.6 is 0 Å². The Morgan fingerprint density at radius 2 is 2.07 bits per heavy atom. The number of Topliss-reactive ketones (excluding diaryl/α,β-unsaturated/α-hetero) is 1. The fraction of sp³-hybridized carbons (Fsp3) is 0.455. The number of carbonyl (C=O) groups excluding carboxylic acids is 1. The summed E-state index contributed by atoms with van der Waals surface area (Å²) in [6.45, 7) is 5.76. The van der Waals surface area contributed by atoms with E-state index in [4.69, 9.17) is 11.5 Å².